The Morgan fingerprint density at radius 2 is 1.87 bits per heavy atom. The van der Waals surface area contributed by atoms with E-state index in [0.717, 1.165) is 18.4 Å². The van der Waals surface area contributed by atoms with Crippen LogP contribution in [0.4, 0.5) is 0 Å². The predicted octanol–water partition coefficient (Wildman–Crippen LogP) is 3.38. The highest BCUT2D eigenvalue weighted by molar-refractivity contribution is 6.30. The van der Waals surface area contributed by atoms with Gasteiger partial charge in [0.25, 0.3) is 5.91 Å². The highest BCUT2D eigenvalue weighted by atomic mass is 35.5. The smallest absolute Gasteiger partial charge is 0.286 e. The first-order valence-corrected chi connectivity index (χ1v) is 8.55. The zero-order valence-electron chi connectivity index (χ0n) is 13.4. The maximum absolute atomic E-state index is 12.3. The van der Waals surface area contributed by atoms with E-state index in [-0.39, 0.29) is 11.9 Å². The first kappa shape index (κ1) is 16.0. The van der Waals surface area contributed by atoms with Gasteiger partial charge in [-0.05, 0) is 55.9 Å². The van der Waals surface area contributed by atoms with Crippen molar-refractivity contribution in [2.75, 3.05) is 0 Å². The Morgan fingerprint density at radius 1 is 1.17 bits per heavy atom. The van der Waals surface area contributed by atoms with Crippen molar-refractivity contribution in [2.24, 2.45) is 0 Å². The molecule has 0 unspecified atom stereocenters. The fraction of sp³-hybridized carbons (Fsp3) is 0.368. The highest BCUT2D eigenvalue weighted by Crippen LogP contribution is 2.19. The van der Waals surface area contributed by atoms with Crippen molar-refractivity contribution in [1.29, 1.82) is 0 Å². The van der Waals surface area contributed by atoms with Crippen molar-refractivity contribution in [2.45, 2.75) is 45.2 Å². The average Bonchev–Trinajstić information content (AvgIpc) is 2.55. The Labute approximate surface area is 142 Å². The lowest BCUT2D eigenvalue weighted by molar-refractivity contribution is -0.685. The number of hydrogen-bond donors (Lipinski definition) is 1. The molecule has 1 N–H and O–H groups in total. The molecule has 120 valence electrons. The van der Waals surface area contributed by atoms with Crippen LogP contribution in [0.1, 0.15) is 42.5 Å². The number of pyridine rings is 1. The average molecular weight is 330 g/mol. The number of amides is 1. The molecule has 2 aromatic rings. The molecule has 23 heavy (non-hydrogen) atoms. The second-order valence-corrected chi connectivity index (χ2v) is 6.65. The third-order valence-electron chi connectivity index (χ3n) is 4.42. The summed E-state index contributed by atoms with van der Waals surface area (Å²) >= 11 is 5.90. The van der Waals surface area contributed by atoms with E-state index in [1.165, 1.54) is 24.0 Å². The van der Waals surface area contributed by atoms with Crippen LogP contribution in [0.5, 0.6) is 0 Å². The molecule has 0 bridgehead atoms. The molecule has 0 saturated heterocycles. The van der Waals surface area contributed by atoms with Crippen molar-refractivity contribution in [3.8, 4) is 0 Å². The van der Waals surface area contributed by atoms with Gasteiger partial charge in [0.15, 0.2) is 12.4 Å². The summed E-state index contributed by atoms with van der Waals surface area (Å²) in [5, 5.41) is 3.75. The van der Waals surface area contributed by atoms with Gasteiger partial charge in [-0.3, -0.25) is 4.79 Å². The van der Waals surface area contributed by atoms with Crippen LogP contribution >= 0.6 is 11.6 Å². The number of carbonyl (C=O) groups excluding carboxylic acids is 1. The molecular formula is C19H22ClN2O+. The maximum atomic E-state index is 12.3. The van der Waals surface area contributed by atoms with Crippen LogP contribution in [-0.2, 0) is 24.2 Å². The number of fused-ring (bicyclic) bond motifs is 1. The molecule has 1 aromatic carbocycles. The van der Waals surface area contributed by atoms with Gasteiger partial charge in [0, 0.05) is 16.7 Å². The Hall–Kier alpha value is -1.87. The number of carbonyl (C=O) groups is 1. The second-order valence-electron chi connectivity index (χ2n) is 6.22. The zero-order chi connectivity index (χ0) is 16.2. The van der Waals surface area contributed by atoms with Gasteiger partial charge in [-0.1, -0.05) is 23.7 Å². The number of hydrogen-bond acceptors (Lipinski definition) is 1. The molecule has 0 radical (unpaired) electrons. The Bertz CT molecular complexity index is 697. The fourth-order valence-electron chi connectivity index (χ4n) is 3.10. The quantitative estimate of drug-likeness (QED) is 0.857. The van der Waals surface area contributed by atoms with Gasteiger partial charge < -0.3 is 5.32 Å². The largest absolute Gasteiger partial charge is 0.344 e. The molecule has 1 amide bonds. The van der Waals surface area contributed by atoms with E-state index in [1.54, 1.807) is 0 Å². The molecule has 3 nitrogen and oxygen atoms in total. The van der Waals surface area contributed by atoms with Gasteiger partial charge in [0.1, 0.15) is 0 Å². The Balaban J connectivity index is 1.61. The standard InChI is InChI=1S/C19H21ClN2O/c1-14(15-6-8-18(20)9-7-15)21-19(23)13-22-11-10-16-4-2-3-5-17(16)12-22/h6-12,14H,2-5,13H2,1H3/p+1/t14-/m1/s1. The lowest BCUT2D eigenvalue weighted by Gasteiger charge is -2.15. The summed E-state index contributed by atoms with van der Waals surface area (Å²) in [7, 11) is 0. The van der Waals surface area contributed by atoms with Crippen molar-refractivity contribution in [3.05, 3.63) is 64.4 Å². The number of nitrogens with zero attached hydrogens (tertiary/aromatic N) is 1. The first-order valence-electron chi connectivity index (χ1n) is 8.17. The van der Waals surface area contributed by atoms with Gasteiger partial charge in [-0.2, -0.15) is 4.57 Å². The molecule has 1 aliphatic carbocycles. The minimum Gasteiger partial charge on any atom is -0.344 e. The van der Waals surface area contributed by atoms with E-state index in [1.807, 2.05) is 42.0 Å². The topological polar surface area (TPSA) is 33.0 Å². The molecule has 1 aromatic heterocycles. The Morgan fingerprint density at radius 3 is 2.61 bits per heavy atom. The van der Waals surface area contributed by atoms with Crippen molar-refractivity contribution in [1.82, 2.24) is 5.32 Å². The molecule has 4 heteroatoms. The molecule has 1 heterocycles. The minimum absolute atomic E-state index is 0.0215. The summed E-state index contributed by atoms with van der Waals surface area (Å²) in [5.74, 6) is 0.0215. The lowest BCUT2D eigenvalue weighted by atomic mass is 9.93. The summed E-state index contributed by atoms with van der Waals surface area (Å²) in [6, 6.07) is 9.71. The molecule has 3 rings (SSSR count). The van der Waals surface area contributed by atoms with Crippen LogP contribution in [0.15, 0.2) is 42.7 Å². The highest BCUT2D eigenvalue weighted by Gasteiger charge is 2.17. The van der Waals surface area contributed by atoms with Crippen LogP contribution in [0.25, 0.3) is 0 Å². The van der Waals surface area contributed by atoms with Crippen LogP contribution < -0.4 is 9.88 Å². The molecule has 1 atom stereocenters. The van der Waals surface area contributed by atoms with E-state index in [9.17, 15) is 4.79 Å². The van der Waals surface area contributed by atoms with Crippen LogP contribution in [-0.4, -0.2) is 5.91 Å². The number of rotatable bonds is 4. The summed E-state index contributed by atoms with van der Waals surface area (Å²) in [4.78, 5) is 12.3. The molecular weight excluding hydrogens is 308 g/mol. The molecule has 0 aliphatic heterocycles. The van der Waals surface area contributed by atoms with E-state index in [0.29, 0.717) is 11.6 Å². The minimum atomic E-state index is -0.0296. The third-order valence-corrected chi connectivity index (χ3v) is 4.67. The molecule has 0 fully saturated rings. The van der Waals surface area contributed by atoms with Gasteiger partial charge in [-0.15, -0.1) is 0 Å². The number of benzene rings is 1. The van der Waals surface area contributed by atoms with E-state index in [2.05, 4.69) is 17.6 Å². The zero-order valence-corrected chi connectivity index (χ0v) is 14.1. The van der Waals surface area contributed by atoms with E-state index in [4.69, 9.17) is 11.6 Å². The van der Waals surface area contributed by atoms with Crippen LogP contribution in [0, 0.1) is 0 Å². The SMILES string of the molecule is C[C@@H](NC(=O)C[n+]1ccc2c(c1)CCCC2)c1ccc(Cl)cc1. The van der Waals surface area contributed by atoms with E-state index >= 15 is 0 Å². The second kappa shape index (κ2) is 7.14. The van der Waals surface area contributed by atoms with E-state index < -0.39 is 0 Å². The molecule has 0 spiro atoms. The van der Waals surface area contributed by atoms with Crippen LogP contribution in [0.3, 0.4) is 0 Å². The summed E-state index contributed by atoms with van der Waals surface area (Å²) in [6.07, 6.45) is 8.94. The monoisotopic (exact) mass is 329 g/mol. The fourth-order valence-corrected chi connectivity index (χ4v) is 3.23. The molecule has 0 saturated carbocycles. The summed E-state index contributed by atoms with van der Waals surface area (Å²) in [5.41, 5.74) is 3.87. The number of nitrogens with one attached hydrogen (secondary N) is 1. The Kier molecular flexibility index (Phi) is 4.97. The van der Waals surface area contributed by atoms with Crippen molar-refractivity contribution >= 4 is 17.5 Å². The van der Waals surface area contributed by atoms with Crippen molar-refractivity contribution < 1.29 is 9.36 Å². The van der Waals surface area contributed by atoms with Gasteiger partial charge in [0.2, 0.25) is 6.54 Å². The predicted molar refractivity (Wildman–Crippen MR) is 91.3 cm³/mol. The van der Waals surface area contributed by atoms with Gasteiger partial charge in [-0.25, -0.2) is 0 Å². The van der Waals surface area contributed by atoms with Gasteiger partial charge >= 0.3 is 0 Å². The number of aromatic nitrogens is 1. The normalized spacial score (nSPS) is 14.9. The molecule has 1 aliphatic rings. The summed E-state index contributed by atoms with van der Waals surface area (Å²) in [6.45, 7) is 2.34. The lowest BCUT2D eigenvalue weighted by Crippen LogP contribution is -2.43. The van der Waals surface area contributed by atoms with Gasteiger partial charge in [0.05, 0.1) is 6.04 Å². The maximum Gasteiger partial charge on any atom is 0.286 e. The third kappa shape index (κ3) is 4.11. The van der Waals surface area contributed by atoms with Crippen LogP contribution in [0.2, 0.25) is 5.02 Å². The number of halogens is 1. The first-order chi connectivity index (χ1) is 11.1. The van der Waals surface area contributed by atoms with Crippen molar-refractivity contribution in [3.63, 3.8) is 0 Å². The number of aryl methyl sites for hydroxylation is 2. The summed E-state index contributed by atoms with van der Waals surface area (Å²) < 4.78 is 1.98.